The maximum atomic E-state index is 12.8. The number of benzene rings is 2. The van der Waals surface area contributed by atoms with Crippen LogP contribution in [0.2, 0.25) is 5.02 Å². The van der Waals surface area contributed by atoms with E-state index in [1.807, 2.05) is 0 Å². The molecule has 2 aromatic rings. The topological polar surface area (TPSA) is 145 Å². The van der Waals surface area contributed by atoms with Crippen molar-refractivity contribution >= 4 is 68.3 Å². The van der Waals surface area contributed by atoms with Gasteiger partial charge in [-0.15, -0.1) is 0 Å². The Labute approximate surface area is 228 Å². The molecule has 0 spiro atoms. The summed E-state index contributed by atoms with van der Waals surface area (Å²) in [6.07, 6.45) is 0.951. The van der Waals surface area contributed by atoms with Gasteiger partial charge in [0.1, 0.15) is 11.4 Å². The van der Waals surface area contributed by atoms with E-state index in [-0.39, 0.29) is 32.2 Å². The zero-order valence-electron chi connectivity index (χ0n) is 20.6. The fourth-order valence-corrected chi connectivity index (χ4v) is 5.29. The third kappa shape index (κ3) is 7.05. The zero-order valence-corrected chi connectivity index (χ0v) is 23.0. The maximum Gasteiger partial charge on any atom is 0.339 e. The predicted molar refractivity (Wildman–Crippen MR) is 140 cm³/mol. The molecule has 1 aliphatic heterocycles. The summed E-state index contributed by atoms with van der Waals surface area (Å²) in [6.45, 7) is 4.08. The molecule has 11 nitrogen and oxygen atoms in total. The van der Waals surface area contributed by atoms with E-state index in [1.54, 1.807) is 13.8 Å². The highest BCUT2D eigenvalue weighted by molar-refractivity contribution is 8.18. The summed E-state index contributed by atoms with van der Waals surface area (Å²) in [6, 6.07) is 8.00. The Balaban J connectivity index is 1.84. The number of hydrogen-bond acceptors (Lipinski definition) is 10. The van der Waals surface area contributed by atoms with E-state index in [0.717, 1.165) is 4.90 Å². The minimum atomic E-state index is -4.34. The number of anilines is 1. The first-order valence-corrected chi connectivity index (χ1v) is 13.6. The molecule has 0 atom stereocenters. The molecule has 0 saturated carbocycles. The highest BCUT2D eigenvalue weighted by Gasteiger charge is 2.37. The number of nitrogens with zero attached hydrogens (tertiary/aromatic N) is 1. The first-order valence-electron chi connectivity index (χ1n) is 10.9. The Hall–Kier alpha value is -3.55. The van der Waals surface area contributed by atoms with Crippen molar-refractivity contribution in [3.63, 3.8) is 0 Å². The van der Waals surface area contributed by atoms with E-state index < -0.39 is 39.9 Å². The van der Waals surface area contributed by atoms with Crippen LogP contribution in [0.5, 0.6) is 11.5 Å². The third-order valence-corrected chi connectivity index (χ3v) is 7.16. The fraction of sp³-hybridized carbons (Fsp3) is 0.250. The number of amides is 3. The molecule has 1 fully saturated rings. The molecule has 0 aliphatic carbocycles. The largest absolute Gasteiger partial charge is 0.493 e. The zero-order chi connectivity index (χ0) is 28.2. The van der Waals surface area contributed by atoms with Crippen LogP contribution in [0.15, 0.2) is 46.2 Å². The van der Waals surface area contributed by atoms with Crippen LogP contribution in [0.25, 0.3) is 6.08 Å². The molecule has 38 heavy (non-hydrogen) atoms. The number of esters is 1. The van der Waals surface area contributed by atoms with Crippen molar-refractivity contribution in [1.82, 2.24) is 4.90 Å². The van der Waals surface area contributed by atoms with E-state index in [1.165, 1.54) is 56.5 Å². The molecular formula is C24H23ClN2O9S2. The van der Waals surface area contributed by atoms with E-state index >= 15 is 0 Å². The first kappa shape index (κ1) is 29.0. The summed E-state index contributed by atoms with van der Waals surface area (Å²) in [5.41, 5.74) is 0.712. The molecule has 3 rings (SSSR count). The minimum absolute atomic E-state index is 0.0195. The van der Waals surface area contributed by atoms with E-state index in [9.17, 15) is 27.6 Å². The second-order valence-electron chi connectivity index (χ2n) is 8.08. The number of imide groups is 1. The van der Waals surface area contributed by atoms with Crippen LogP contribution in [-0.2, 0) is 29.2 Å². The van der Waals surface area contributed by atoms with Crippen molar-refractivity contribution in [2.45, 2.75) is 31.8 Å². The van der Waals surface area contributed by atoms with E-state index in [2.05, 4.69) is 5.32 Å². The van der Waals surface area contributed by atoms with Gasteiger partial charge in [0.05, 0.1) is 23.1 Å². The van der Waals surface area contributed by atoms with Gasteiger partial charge in [-0.05, 0) is 73.6 Å². The first-order chi connectivity index (χ1) is 17.8. The molecule has 0 aromatic heterocycles. The van der Waals surface area contributed by atoms with Crippen LogP contribution in [0.3, 0.4) is 0 Å². The molecule has 0 unspecified atom stereocenters. The number of halogens is 1. The molecule has 202 valence electrons. The molecule has 0 bridgehead atoms. The van der Waals surface area contributed by atoms with Crippen LogP contribution in [0, 0.1) is 0 Å². The van der Waals surface area contributed by atoms with Gasteiger partial charge in [-0.25, -0.2) is 0 Å². The van der Waals surface area contributed by atoms with Crippen LogP contribution in [0.1, 0.15) is 26.3 Å². The van der Waals surface area contributed by atoms with Crippen molar-refractivity contribution in [1.29, 1.82) is 0 Å². The Morgan fingerprint density at radius 1 is 1.16 bits per heavy atom. The van der Waals surface area contributed by atoms with Crippen LogP contribution in [-0.4, -0.2) is 56.1 Å². The quantitative estimate of drug-likeness (QED) is 0.261. The van der Waals surface area contributed by atoms with Crippen molar-refractivity contribution in [3.05, 3.63) is 51.9 Å². The molecule has 0 radical (unpaired) electrons. The average molecular weight is 583 g/mol. The lowest BCUT2D eigenvalue weighted by Crippen LogP contribution is -2.35. The van der Waals surface area contributed by atoms with Crippen molar-refractivity contribution in [3.8, 4) is 11.5 Å². The van der Waals surface area contributed by atoms with Gasteiger partial charge in [0.2, 0.25) is 11.7 Å². The van der Waals surface area contributed by atoms with Crippen LogP contribution >= 0.6 is 23.4 Å². The number of rotatable bonds is 9. The van der Waals surface area contributed by atoms with Gasteiger partial charge < -0.3 is 19.0 Å². The van der Waals surface area contributed by atoms with Crippen molar-refractivity contribution in [2.75, 3.05) is 19.0 Å². The Kier molecular flexibility index (Phi) is 9.07. The second-order valence-corrected chi connectivity index (χ2v) is 11.0. The smallest absolute Gasteiger partial charge is 0.339 e. The van der Waals surface area contributed by atoms with Crippen LogP contribution in [0.4, 0.5) is 10.5 Å². The molecule has 1 aliphatic rings. The van der Waals surface area contributed by atoms with Gasteiger partial charge in [0.25, 0.3) is 11.1 Å². The lowest BCUT2D eigenvalue weighted by atomic mass is 10.2. The van der Waals surface area contributed by atoms with Gasteiger partial charge >= 0.3 is 16.1 Å². The summed E-state index contributed by atoms with van der Waals surface area (Å²) in [7, 11) is -3.07. The van der Waals surface area contributed by atoms with Gasteiger partial charge in [-0.3, -0.25) is 24.1 Å². The van der Waals surface area contributed by atoms with Crippen molar-refractivity contribution < 1.29 is 41.3 Å². The lowest BCUT2D eigenvalue weighted by molar-refractivity contribution is -0.149. The molecule has 2 aromatic carbocycles. The predicted octanol–water partition coefficient (Wildman–Crippen LogP) is 4.06. The van der Waals surface area contributed by atoms with Gasteiger partial charge in [0, 0.05) is 12.6 Å². The molecule has 1 saturated heterocycles. The monoisotopic (exact) mass is 582 g/mol. The molecule has 1 heterocycles. The van der Waals surface area contributed by atoms with Crippen molar-refractivity contribution in [2.24, 2.45) is 0 Å². The summed E-state index contributed by atoms with van der Waals surface area (Å²) in [5.74, 6) is -2.07. The normalized spacial score (nSPS) is 14.7. The van der Waals surface area contributed by atoms with Gasteiger partial charge in [0.15, 0.2) is 5.75 Å². The highest BCUT2D eigenvalue weighted by atomic mass is 35.5. The number of ether oxygens (including phenoxy) is 2. The number of thioether (sulfide) groups is 1. The Morgan fingerprint density at radius 2 is 1.82 bits per heavy atom. The van der Waals surface area contributed by atoms with E-state index in [4.69, 9.17) is 25.3 Å². The van der Waals surface area contributed by atoms with Gasteiger partial charge in [-0.1, -0.05) is 11.6 Å². The number of carbonyl (C=O) groups excluding carboxylic acids is 4. The molecule has 3 amide bonds. The Bertz CT molecular complexity index is 1420. The lowest BCUT2D eigenvalue weighted by Gasteiger charge is -2.14. The minimum Gasteiger partial charge on any atom is -0.493 e. The number of methoxy groups -OCH3 is 1. The van der Waals surface area contributed by atoms with E-state index in [0.29, 0.717) is 23.0 Å². The SMILES string of the molecule is COc1cc(/C=C2\SC(=O)N(CC(=O)OC(C)C)C2=O)cc(Cl)c1OS(=O)(=O)c1ccc(NC(C)=O)cc1. The standard InChI is InChI=1S/C24H23ClN2O9S2/c1-13(2)35-21(29)12-27-23(30)20(37-24(27)31)11-15-9-18(25)22(19(10-15)34-4)36-38(32,33)17-7-5-16(6-8-17)26-14(3)28/h5-11,13H,12H2,1-4H3,(H,26,28)/b20-11-. The van der Waals surface area contributed by atoms with Gasteiger partial charge in [-0.2, -0.15) is 8.42 Å². The molecule has 1 N–H and O–H groups in total. The summed E-state index contributed by atoms with van der Waals surface area (Å²) >= 11 is 6.94. The summed E-state index contributed by atoms with van der Waals surface area (Å²) in [4.78, 5) is 48.6. The third-order valence-electron chi connectivity index (χ3n) is 4.73. The fourth-order valence-electron chi connectivity index (χ4n) is 3.19. The summed E-state index contributed by atoms with van der Waals surface area (Å²) in [5, 5.41) is 1.74. The Morgan fingerprint density at radius 3 is 2.39 bits per heavy atom. The second kappa shape index (κ2) is 11.9. The highest BCUT2D eigenvalue weighted by Crippen LogP contribution is 2.40. The number of nitrogens with one attached hydrogen (secondary N) is 1. The number of carbonyl (C=O) groups is 4. The molecular weight excluding hydrogens is 560 g/mol. The average Bonchev–Trinajstić information content (AvgIpc) is 3.07. The summed E-state index contributed by atoms with van der Waals surface area (Å²) < 4.78 is 41.1. The molecule has 14 heteroatoms. The number of hydrogen-bond donors (Lipinski definition) is 1. The van der Waals surface area contributed by atoms with Crippen LogP contribution < -0.4 is 14.2 Å². The maximum absolute atomic E-state index is 12.8.